The molecule has 33 heavy (non-hydrogen) atoms. The van der Waals surface area contributed by atoms with E-state index in [0.29, 0.717) is 19.5 Å². The highest BCUT2D eigenvalue weighted by molar-refractivity contribution is 7.51. The molecule has 4 nitrogen and oxygen atoms in total. The maximum Gasteiger partial charge on any atom is 0.325 e. The molecule has 0 fully saturated rings. The van der Waals surface area contributed by atoms with Crippen LogP contribution in [0.4, 0.5) is 0 Å². The van der Waals surface area contributed by atoms with Crippen molar-refractivity contribution < 1.29 is 14.4 Å². The summed E-state index contributed by atoms with van der Waals surface area (Å²) in [5.41, 5.74) is 10.4. The molecule has 0 saturated carbocycles. The summed E-state index contributed by atoms with van der Waals surface area (Å²) < 4.78 is 11.0. The Morgan fingerprint density at radius 3 is 2.24 bits per heavy atom. The molecule has 1 atom stereocenters. The first-order valence-corrected chi connectivity index (χ1v) is 13.4. The van der Waals surface area contributed by atoms with Crippen LogP contribution < -0.4 is 5.32 Å². The van der Waals surface area contributed by atoms with Gasteiger partial charge in [-0.25, -0.2) is 0 Å². The molecule has 0 spiro atoms. The molecule has 0 aliphatic heterocycles. The largest absolute Gasteiger partial charge is 0.325 e. The Balaban J connectivity index is 1.79. The fourth-order valence-corrected chi connectivity index (χ4v) is 4.91. The van der Waals surface area contributed by atoms with E-state index < -0.39 is 7.60 Å². The van der Waals surface area contributed by atoms with E-state index in [4.69, 9.17) is 9.79 Å². The third-order valence-electron chi connectivity index (χ3n) is 6.30. The maximum absolute atomic E-state index is 11.0. The Bertz CT molecular complexity index is 1140. The lowest BCUT2D eigenvalue weighted by molar-refractivity contribution is 0.371. The lowest BCUT2D eigenvalue weighted by Crippen LogP contribution is -2.16. The molecule has 3 aromatic carbocycles. The van der Waals surface area contributed by atoms with Crippen molar-refractivity contribution in [2.45, 2.75) is 53.0 Å². The van der Waals surface area contributed by atoms with Gasteiger partial charge in [0.05, 0.1) is 6.16 Å². The predicted octanol–water partition coefficient (Wildman–Crippen LogP) is 5.95. The molecule has 176 valence electrons. The van der Waals surface area contributed by atoms with E-state index in [1.807, 2.05) is 0 Å². The van der Waals surface area contributed by atoms with Crippen LogP contribution in [0.5, 0.6) is 0 Å². The van der Waals surface area contributed by atoms with Crippen molar-refractivity contribution in [1.29, 1.82) is 0 Å². The Morgan fingerprint density at radius 1 is 0.848 bits per heavy atom. The van der Waals surface area contributed by atoms with Crippen molar-refractivity contribution in [1.82, 2.24) is 5.32 Å². The molecule has 0 heterocycles. The van der Waals surface area contributed by atoms with Gasteiger partial charge in [0.25, 0.3) is 0 Å². The van der Waals surface area contributed by atoms with E-state index in [2.05, 4.69) is 93.7 Å². The zero-order chi connectivity index (χ0) is 24.0. The Hall–Kier alpha value is -2.23. The number of aryl methyl sites for hydroxylation is 4. The molecule has 0 aliphatic rings. The van der Waals surface area contributed by atoms with Gasteiger partial charge in [-0.1, -0.05) is 66.2 Å². The van der Waals surface area contributed by atoms with Crippen molar-refractivity contribution in [3.05, 3.63) is 105 Å². The topological polar surface area (TPSA) is 69.6 Å². The van der Waals surface area contributed by atoms with Gasteiger partial charge < -0.3 is 15.1 Å². The second-order valence-electron chi connectivity index (χ2n) is 9.20. The van der Waals surface area contributed by atoms with Crippen LogP contribution in [0.15, 0.2) is 60.7 Å². The summed E-state index contributed by atoms with van der Waals surface area (Å²) in [6, 6.07) is 22.2. The first-order valence-electron chi connectivity index (χ1n) is 11.6. The molecule has 0 amide bonds. The molecule has 3 rings (SSSR count). The molecule has 3 aromatic rings. The van der Waals surface area contributed by atoms with Crippen molar-refractivity contribution >= 4 is 7.60 Å². The Kier molecular flexibility index (Phi) is 8.67. The molecule has 1 unspecified atom stereocenters. The van der Waals surface area contributed by atoms with Gasteiger partial charge in [-0.3, -0.25) is 4.57 Å². The zero-order valence-corrected chi connectivity index (χ0v) is 21.0. The smallest absolute Gasteiger partial charge is 0.324 e. The summed E-state index contributed by atoms with van der Waals surface area (Å²) in [4.78, 5) is 18.0. The molecule has 0 aromatic heterocycles. The fourth-order valence-electron chi connectivity index (χ4n) is 4.34. The molecule has 0 aliphatic carbocycles. The monoisotopic (exact) mass is 465 g/mol. The second-order valence-corrected chi connectivity index (χ2v) is 11.0. The third-order valence-corrected chi connectivity index (χ3v) is 7.20. The SMILES string of the molecule is Cc1cccc(C(Cc2ccc(C)c(C)c2)c2ccc(CNCCCP(=O)(O)O)cc2C)c1. The van der Waals surface area contributed by atoms with E-state index in [0.717, 1.165) is 6.42 Å². The number of benzene rings is 3. The first kappa shape index (κ1) is 25.4. The van der Waals surface area contributed by atoms with Gasteiger partial charge in [0, 0.05) is 12.5 Å². The summed E-state index contributed by atoms with van der Waals surface area (Å²) in [7, 11) is -3.91. The number of rotatable bonds is 10. The summed E-state index contributed by atoms with van der Waals surface area (Å²) in [5, 5.41) is 3.30. The Labute approximate surface area is 198 Å². The minimum absolute atomic E-state index is 0.0748. The standard InChI is InChI=1S/C28H36NO3P/c1-20-7-5-8-26(15-20)28(18-24-10-9-21(2)22(3)16-24)27-12-11-25(17-23(27)4)19-29-13-6-14-33(30,31)32/h5,7-12,15-17,28-29H,6,13-14,18-19H2,1-4H3,(H2,30,31,32). The molecule has 3 N–H and O–H groups in total. The molecule has 0 bridgehead atoms. The van der Waals surface area contributed by atoms with E-state index in [1.54, 1.807) is 0 Å². The van der Waals surface area contributed by atoms with Gasteiger partial charge in [0.15, 0.2) is 0 Å². The van der Waals surface area contributed by atoms with Gasteiger partial charge >= 0.3 is 7.60 Å². The van der Waals surface area contributed by atoms with Crippen molar-refractivity contribution in [3.63, 3.8) is 0 Å². The fraction of sp³-hybridized carbons (Fsp3) is 0.357. The van der Waals surface area contributed by atoms with E-state index in [9.17, 15) is 4.57 Å². The summed E-state index contributed by atoms with van der Waals surface area (Å²) in [6.45, 7) is 9.92. The van der Waals surface area contributed by atoms with Crippen molar-refractivity contribution in [2.75, 3.05) is 12.7 Å². The van der Waals surface area contributed by atoms with Crippen LogP contribution in [-0.4, -0.2) is 22.5 Å². The van der Waals surface area contributed by atoms with Gasteiger partial charge in [0.1, 0.15) is 0 Å². The van der Waals surface area contributed by atoms with Gasteiger partial charge in [-0.05, 0) is 86.0 Å². The summed E-state index contributed by atoms with van der Waals surface area (Å²) in [5.74, 6) is 0.275. The van der Waals surface area contributed by atoms with Crippen LogP contribution in [0.1, 0.15) is 56.8 Å². The average molecular weight is 466 g/mol. The minimum atomic E-state index is -3.91. The number of nitrogens with one attached hydrogen (secondary N) is 1. The molecular formula is C28H36NO3P. The molecule has 5 heteroatoms. The highest BCUT2D eigenvalue weighted by Gasteiger charge is 2.18. The molecule has 0 saturated heterocycles. The van der Waals surface area contributed by atoms with Crippen LogP contribution in [-0.2, 0) is 17.5 Å². The van der Waals surface area contributed by atoms with E-state index in [1.165, 1.54) is 44.5 Å². The van der Waals surface area contributed by atoms with Crippen LogP contribution in [0.25, 0.3) is 0 Å². The third kappa shape index (κ3) is 7.65. The van der Waals surface area contributed by atoms with Crippen molar-refractivity contribution in [2.24, 2.45) is 0 Å². The quantitative estimate of drug-likeness (QED) is 0.256. The summed E-state index contributed by atoms with van der Waals surface area (Å²) in [6.07, 6.45) is 1.34. The predicted molar refractivity (Wildman–Crippen MR) is 137 cm³/mol. The summed E-state index contributed by atoms with van der Waals surface area (Å²) >= 11 is 0. The lowest BCUT2D eigenvalue weighted by Gasteiger charge is -2.22. The maximum atomic E-state index is 11.0. The molecule has 0 radical (unpaired) electrons. The van der Waals surface area contributed by atoms with Gasteiger partial charge in [-0.2, -0.15) is 0 Å². The zero-order valence-electron chi connectivity index (χ0n) is 20.1. The minimum Gasteiger partial charge on any atom is -0.324 e. The van der Waals surface area contributed by atoms with Crippen molar-refractivity contribution in [3.8, 4) is 0 Å². The number of hydrogen-bond acceptors (Lipinski definition) is 2. The second kappa shape index (κ2) is 11.3. The van der Waals surface area contributed by atoms with Crippen LogP contribution in [0, 0.1) is 27.7 Å². The lowest BCUT2D eigenvalue weighted by atomic mass is 9.82. The van der Waals surface area contributed by atoms with E-state index >= 15 is 0 Å². The number of hydrogen-bond donors (Lipinski definition) is 3. The van der Waals surface area contributed by atoms with Gasteiger partial charge in [-0.15, -0.1) is 0 Å². The highest BCUT2D eigenvalue weighted by Crippen LogP contribution is 2.34. The normalized spacial score (nSPS) is 12.7. The van der Waals surface area contributed by atoms with Crippen LogP contribution in [0.2, 0.25) is 0 Å². The average Bonchev–Trinajstić information content (AvgIpc) is 2.74. The van der Waals surface area contributed by atoms with E-state index in [-0.39, 0.29) is 12.1 Å². The Morgan fingerprint density at radius 2 is 1.58 bits per heavy atom. The van der Waals surface area contributed by atoms with Gasteiger partial charge in [0.2, 0.25) is 0 Å². The van der Waals surface area contributed by atoms with Crippen LogP contribution in [0.3, 0.4) is 0 Å². The highest BCUT2D eigenvalue weighted by atomic mass is 31.2. The van der Waals surface area contributed by atoms with Crippen LogP contribution >= 0.6 is 7.60 Å². The first-order chi connectivity index (χ1) is 15.6. The molecular weight excluding hydrogens is 429 g/mol.